The van der Waals surface area contributed by atoms with Gasteiger partial charge in [-0.05, 0) is 43.4 Å². The van der Waals surface area contributed by atoms with Crippen LogP contribution in [0.1, 0.15) is 57.3 Å². The van der Waals surface area contributed by atoms with Crippen LogP contribution in [0.2, 0.25) is 0 Å². The minimum Gasteiger partial charge on any atom is -0.481 e. The predicted octanol–water partition coefficient (Wildman–Crippen LogP) is 4.37. The Labute approximate surface area is 178 Å². The molecule has 2 aromatic rings. The van der Waals surface area contributed by atoms with E-state index in [1.54, 1.807) is 12.4 Å². The van der Waals surface area contributed by atoms with Gasteiger partial charge in [-0.2, -0.15) is 0 Å². The van der Waals surface area contributed by atoms with Gasteiger partial charge in [0, 0.05) is 32.2 Å². The Morgan fingerprint density at radius 3 is 2.57 bits per heavy atom. The predicted molar refractivity (Wildman–Crippen MR) is 119 cm³/mol. The van der Waals surface area contributed by atoms with Crippen LogP contribution in [0.3, 0.4) is 0 Å². The van der Waals surface area contributed by atoms with Crippen molar-refractivity contribution in [1.29, 1.82) is 0 Å². The van der Waals surface area contributed by atoms with Gasteiger partial charge in [0.2, 0.25) is 0 Å². The summed E-state index contributed by atoms with van der Waals surface area (Å²) in [5, 5.41) is 12.7. The number of carboxylic acid groups (broad SMARTS) is 1. The molecule has 7 nitrogen and oxygen atoms in total. The number of anilines is 3. The third-order valence-electron chi connectivity index (χ3n) is 5.65. The highest BCUT2D eigenvalue weighted by Crippen LogP contribution is 2.35. The topological polar surface area (TPSA) is 87.6 Å². The van der Waals surface area contributed by atoms with Crippen molar-refractivity contribution in [2.24, 2.45) is 0 Å². The second-order valence-corrected chi connectivity index (χ2v) is 7.77. The maximum Gasteiger partial charge on any atom is 0.303 e. The largest absolute Gasteiger partial charge is 0.481 e. The third kappa shape index (κ3) is 5.48. The van der Waals surface area contributed by atoms with Gasteiger partial charge in [0.15, 0.2) is 0 Å². The average molecular weight is 413 g/mol. The molecule has 1 saturated heterocycles. The van der Waals surface area contributed by atoms with Crippen LogP contribution in [0.5, 0.6) is 0 Å². The number of rotatable bonds is 9. The number of aryl methyl sites for hydroxylation is 1. The lowest BCUT2D eigenvalue weighted by Gasteiger charge is -2.36. The zero-order valence-corrected chi connectivity index (χ0v) is 18.1. The second kappa shape index (κ2) is 10.4. The monoisotopic (exact) mass is 412 g/mol. The van der Waals surface area contributed by atoms with E-state index in [2.05, 4.69) is 39.2 Å². The molecule has 0 aliphatic carbocycles. The van der Waals surface area contributed by atoms with E-state index in [4.69, 9.17) is 4.74 Å². The van der Waals surface area contributed by atoms with Gasteiger partial charge in [-0.3, -0.25) is 4.79 Å². The minimum absolute atomic E-state index is 0.0750. The first kappa shape index (κ1) is 22.0. The van der Waals surface area contributed by atoms with Crippen molar-refractivity contribution in [3.05, 3.63) is 42.0 Å². The van der Waals surface area contributed by atoms with Gasteiger partial charge in [0.1, 0.15) is 5.82 Å². The fraction of sp³-hybridized carbons (Fsp3) is 0.522. The van der Waals surface area contributed by atoms with Gasteiger partial charge < -0.3 is 20.1 Å². The molecule has 2 N–H and O–H groups in total. The Morgan fingerprint density at radius 2 is 1.97 bits per heavy atom. The molecular weight excluding hydrogens is 380 g/mol. The van der Waals surface area contributed by atoms with E-state index in [0.29, 0.717) is 6.04 Å². The van der Waals surface area contributed by atoms with Crippen LogP contribution in [-0.4, -0.2) is 46.8 Å². The molecule has 0 radical (unpaired) electrons. The van der Waals surface area contributed by atoms with Crippen LogP contribution in [-0.2, 0) is 16.0 Å². The van der Waals surface area contributed by atoms with Gasteiger partial charge in [-0.1, -0.05) is 19.9 Å². The fourth-order valence-corrected chi connectivity index (χ4v) is 3.97. The van der Waals surface area contributed by atoms with Crippen molar-refractivity contribution in [2.45, 2.75) is 58.4 Å². The molecule has 0 bridgehead atoms. The molecule has 1 aromatic carbocycles. The van der Waals surface area contributed by atoms with E-state index >= 15 is 0 Å². The maximum atomic E-state index is 11.2. The number of hydrogen-bond acceptors (Lipinski definition) is 6. The van der Waals surface area contributed by atoms with Crippen LogP contribution in [0.4, 0.5) is 17.1 Å². The number of ether oxygens (including phenoxy) is 1. The molecule has 1 atom stereocenters. The summed E-state index contributed by atoms with van der Waals surface area (Å²) in [6, 6.07) is 6.65. The number of nitrogens with zero attached hydrogens (tertiary/aromatic N) is 3. The minimum atomic E-state index is -0.790. The average Bonchev–Trinajstić information content (AvgIpc) is 2.76. The number of benzene rings is 1. The molecule has 1 aliphatic heterocycles. The van der Waals surface area contributed by atoms with E-state index in [9.17, 15) is 9.90 Å². The first-order valence-corrected chi connectivity index (χ1v) is 10.8. The highest BCUT2D eigenvalue weighted by atomic mass is 16.5. The Kier molecular flexibility index (Phi) is 7.63. The van der Waals surface area contributed by atoms with E-state index in [0.717, 1.165) is 67.5 Å². The lowest BCUT2D eigenvalue weighted by Crippen LogP contribution is -2.39. The molecule has 7 heteroatoms. The molecule has 30 heavy (non-hydrogen) atoms. The van der Waals surface area contributed by atoms with Crippen molar-refractivity contribution < 1.29 is 14.6 Å². The number of nitrogens with one attached hydrogen (secondary N) is 1. The quantitative estimate of drug-likeness (QED) is 0.632. The highest BCUT2D eigenvalue weighted by molar-refractivity contribution is 5.76. The molecule has 1 fully saturated rings. The Bertz CT molecular complexity index is 835. The summed E-state index contributed by atoms with van der Waals surface area (Å²) in [6.45, 7) is 8.59. The molecule has 0 amide bonds. The number of aromatic nitrogens is 2. The first-order valence-electron chi connectivity index (χ1n) is 10.8. The summed E-state index contributed by atoms with van der Waals surface area (Å²) in [5.74, 6) is -0.0574. The number of carboxylic acids is 1. The number of aliphatic carboxylic acids is 1. The lowest BCUT2D eigenvalue weighted by atomic mass is 9.96. The molecule has 1 aromatic heterocycles. The molecule has 0 saturated carbocycles. The van der Waals surface area contributed by atoms with E-state index in [1.165, 1.54) is 0 Å². The zero-order chi connectivity index (χ0) is 21.5. The maximum absolute atomic E-state index is 11.2. The number of hydrogen-bond donors (Lipinski definition) is 2. The van der Waals surface area contributed by atoms with Crippen LogP contribution in [0.25, 0.3) is 0 Å². The van der Waals surface area contributed by atoms with E-state index in [1.807, 2.05) is 19.9 Å². The Balaban J connectivity index is 1.95. The van der Waals surface area contributed by atoms with Gasteiger partial charge in [0.25, 0.3) is 0 Å². The van der Waals surface area contributed by atoms with Crippen molar-refractivity contribution in [1.82, 2.24) is 9.97 Å². The van der Waals surface area contributed by atoms with Crippen molar-refractivity contribution in [3.8, 4) is 0 Å². The summed E-state index contributed by atoms with van der Waals surface area (Å²) in [5.41, 5.74) is 3.87. The third-order valence-corrected chi connectivity index (χ3v) is 5.65. The van der Waals surface area contributed by atoms with Gasteiger partial charge in [-0.15, -0.1) is 0 Å². The van der Waals surface area contributed by atoms with Crippen LogP contribution in [0.15, 0.2) is 30.6 Å². The smallest absolute Gasteiger partial charge is 0.303 e. The van der Waals surface area contributed by atoms with Gasteiger partial charge in [0.05, 0.1) is 35.9 Å². The summed E-state index contributed by atoms with van der Waals surface area (Å²) >= 11 is 0. The molecule has 3 rings (SSSR count). The van der Waals surface area contributed by atoms with Crippen LogP contribution in [0, 0.1) is 0 Å². The van der Waals surface area contributed by atoms with E-state index in [-0.39, 0.29) is 12.3 Å². The van der Waals surface area contributed by atoms with Crippen molar-refractivity contribution in [3.63, 3.8) is 0 Å². The standard InChI is InChI=1S/C23H32N4O3/c1-4-22-24-14-18(15-25-22)26-20-13-17(16(3)12-23(28)29)6-7-21(20)27(5-2)19-8-10-30-11-9-19/h6-7,13-16,19,26H,4-5,8-12H2,1-3H3,(H,28,29)/t16-/m0/s1. The molecule has 1 aliphatic rings. The van der Waals surface area contributed by atoms with Crippen LogP contribution < -0.4 is 10.2 Å². The molecule has 162 valence electrons. The highest BCUT2D eigenvalue weighted by Gasteiger charge is 2.23. The zero-order valence-electron chi connectivity index (χ0n) is 18.1. The molecule has 0 spiro atoms. The SMILES string of the molecule is CCc1ncc(Nc2cc([C@@H](C)CC(=O)O)ccc2N(CC)C2CCOCC2)cn1. The first-order chi connectivity index (χ1) is 14.5. The fourth-order valence-electron chi connectivity index (χ4n) is 3.97. The summed E-state index contributed by atoms with van der Waals surface area (Å²) in [7, 11) is 0. The normalized spacial score (nSPS) is 15.6. The number of carbonyl (C=O) groups is 1. The summed E-state index contributed by atoms with van der Waals surface area (Å²) in [4.78, 5) is 22.4. The molecule has 0 unspecified atom stereocenters. The van der Waals surface area contributed by atoms with Gasteiger partial charge >= 0.3 is 5.97 Å². The van der Waals surface area contributed by atoms with Gasteiger partial charge in [-0.25, -0.2) is 9.97 Å². The molecule has 2 heterocycles. The lowest BCUT2D eigenvalue weighted by molar-refractivity contribution is -0.137. The van der Waals surface area contributed by atoms with Crippen LogP contribution >= 0.6 is 0 Å². The second-order valence-electron chi connectivity index (χ2n) is 7.77. The Hall–Kier alpha value is -2.67. The summed E-state index contributed by atoms with van der Waals surface area (Å²) < 4.78 is 5.55. The van der Waals surface area contributed by atoms with Crippen molar-refractivity contribution in [2.75, 3.05) is 30.0 Å². The van der Waals surface area contributed by atoms with E-state index < -0.39 is 5.97 Å². The van der Waals surface area contributed by atoms with Crippen molar-refractivity contribution >= 4 is 23.0 Å². The summed E-state index contributed by atoms with van der Waals surface area (Å²) in [6.07, 6.45) is 6.49. The molecular formula is C23H32N4O3. The Morgan fingerprint density at radius 1 is 1.27 bits per heavy atom.